The predicted octanol–water partition coefficient (Wildman–Crippen LogP) is 6.16. The van der Waals surface area contributed by atoms with Crippen LogP contribution in [0.25, 0.3) is 0 Å². The molecule has 0 aliphatic carbocycles. The first-order valence-corrected chi connectivity index (χ1v) is 14.4. The Morgan fingerprint density at radius 3 is 1.91 bits per heavy atom. The van der Waals surface area contributed by atoms with Crippen molar-refractivity contribution in [1.82, 2.24) is 14.9 Å². The molecule has 0 saturated heterocycles. The molecule has 0 bridgehead atoms. The summed E-state index contributed by atoms with van der Waals surface area (Å²) >= 11 is 0. The fraction of sp³-hybridized carbons (Fsp3) is 0.171. The number of rotatable bonds is 12. The van der Waals surface area contributed by atoms with E-state index in [0.29, 0.717) is 11.3 Å². The maximum Gasteiger partial charge on any atom is 0.407 e. The standard InChI is InChI=1S/C35H32N4O6/c1-25(30-19-11-12-20-32(30)39(43)44)23-45-34(42)37-31(33(40)41)21-29-22-38(24-36-29)35(26-13-5-2-6-14-26,27-15-7-3-8-16-27)28-17-9-4-10-18-28/h2-20,22,24-25,31H,21,23H2,1H3,(H,37,42)(H,40,41)/t25?,31-/m0/s1. The van der Waals surface area contributed by atoms with E-state index in [1.54, 1.807) is 37.6 Å². The number of para-hydroxylation sites is 1. The summed E-state index contributed by atoms with van der Waals surface area (Å²) in [5.74, 6) is -1.74. The molecule has 0 spiro atoms. The van der Waals surface area contributed by atoms with Gasteiger partial charge in [0.2, 0.25) is 0 Å². The zero-order chi connectivity index (χ0) is 31.8. The first-order chi connectivity index (χ1) is 21.8. The molecule has 0 aliphatic heterocycles. The number of aromatic nitrogens is 2. The number of amides is 1. The minimum absolute atomic E-state index is 0.0782. The second-order valence-electron chi connectivity index (χ2n) is 10.6. The van der Waals surface area contributed by atoms with Gasteiger partial charge in [0, 0.05) is 30.2 Å². The lowest BCUT2D eigenvalue weighted by Crippen LogP contribution is -2.43. The highest BCUT2D eigenvalue weighted by atomic mass is 16.6. The maximum atomic E-state index is 12.7. The van der Waals surface area contributed by atoms with Crippen molar-refractivity contribution >= 4 is 17.7 Å². The summed E-state index contributed by atoms with van der Waals surface area (Å²) in [7, 11) is 0. The third-order valence-electron chi connectivity index (χ3n) is 7.73. The SMILES string of the molecule is CC(COC(=O)N[C@@H](Cc1cn(C(c2ccccc2)(c2ccccc2)c2ccccc2)cn1)C(=O)O)c1ccccc1[N+](=O)[O-]. The first kappa shape index (κ1) is 30.7. The minimum Gasteiger partial charge on any atom is -0.480 e. The molecule has 45 heavy (non-hydrogen) atoms. The van der Waals surface area contributed by atoms with Crippen LogP contribution in [0, 0.1) is 10.1 Å². The summed E-state index contributed by atoms with van der Waals surface area (Å²) in [6, 6.07) is 34.8. The van der Waals surface area contributed by atoms with Gasteiger partial charge in [-0.25, -0.2) is 14.6 Å². The molecule has 5 aromatic rings. The molecular formula is C35H32N4O6. The Kier molecular flexibility index (Phi) is 9.33. The molecule has 5 rings (SSSR count). The molecule has 228 valence electrons. The van der Waals surface area contributed by atoms with Crippen molar-refractivity contribution in [3.63, 3.8) is 0 Å². The van der Waals surface area contributed by atoms with Crippen LogP contribution in [-0.2, 0) is 21.5 Å². The highest BCUT2D eigenvalue weighted by Gasteiger charge is 2.38. The van der Waals surface area contributed by atoms with E-state index in [1.165, 1.54) is 6.07 Å². The summed E-state index contributed by atoms with van der Waals surface area (Å²) in [5, 5.41) is 23.7. The molecule has 0 saturated carbocycles. The second kappa shape index (κ2) is 13.7. The molecule has 1 heterocycles. The number of carbonyl (C=O) groups is 2. The van der Waals surface area contributed by atoms with Gasteiger partial charge in [-0.2, -0.15) is 0 Å². The number of carboxylic acids is 1. The number of hydrogen-bond donors (Lipinski definition) is 2. The molecule has 1 amide bonds. The molecule has 10 nitrogen and oxygen atoms in total. The zero-order valence-electron chi connectivity index (χ0n) is 24.5. The number of carboxylic acid groups (broad SMARTS) is 1. The van der Waals surface area contributed by atoms with Gasteiger partial charge in [0.15, 0.2) is 0 Å². The summed E-state index contributed by atoms with van der Waals surface area (Å²) in [6.07, 6.45) is 2.42. The largest absolute Gasteiger partial charge is 0.480 e. The molecule has 2 atom stereocenters. The number of nitro benzene ring substituents is 1. The zero-order valence-corrected chi connectivity index (χ0v) is 24.5. The van der Waals surface area contributed by atoms with Gasteiger partial charge in [-0.05, 0) is 16.7 Å². The molecule has 0 fully saturated rings. The number of carbonyl (C=O) groups excluding carboxylic acids is 1. The number of aliphatic carboxylic acids is 1. The lowest BCUT2D eigenvalue weighted by molar-refractivity contribution is -0.385. The topological polar surface area (TPSA) is 137 Å². The van der Waals surface area contributed by atoms with Crippen LogP contribution < -0.4 is 5.32 Å². The third kappa shape index (κ3) is 6.59. The third-order valence-corrected chi connectivity index (χ3v) is 7.73. The summed E-state index contributed by atoms with van der Waals surface area (Å²) in [5.41, 5.74) is 2.90. The van der Waals surface area contributed by atoms with E-state index in [0.717, 1.165) is 16.7 Å². The van der Waals surface area contributed by atoms with E-state index in [4.69, 9.17) is 4.74 Å². The van der Waals surface area contributed by atoms with E-state index >= 15 is 0 Å². The summed E-state index contributed by atoms with van der Waals surface area (Å²) in [4.78, 5) is 40.3. The van der Waals surface area contributed by atoms with E-state index in [2.05, 4.69) is 10.3 Å². The first-order valence-electron chi connectivity index (χ1n) is 14.4. The van der Waals surface area contributed by atoms with Crippen LogP contribution in [0.5, 0.6) is 0 Å². The van der Waals surface area contributed by atoms with E-state index in [9.17, 15) is 24.8 Å². The van der Waals surface area contributed by atoms with Gasteiger partial charge in [0.05, 0.1) is 16.9 Å². The van der Waals surface area contributed by atoms with Gasteiger partial charge in [-0.3, -0.25) is 10.1 Å². The van der Waals surface area contributed by atoms with Crippen molar-refractivity contribution in [3.05, 3.63) is 166 Å². The average molecular weight is 605 g/mol. The fourth-order valence-corrected chi connectivity index (χ4v) is 5.59. The van der Waals surface area contributed by atoms with Crippen molar-refractivity contribution in [3.8, 4) is 0 Å². The van der Waals surface area contributed by atoms with Crippen LogP contribution >= 0.6 is 0 Å². The molecule has 0 aliphatic rings. The number of nitrogens with zero attached hydrogens (tertiary/aromatic N) is 3. The van der Waals surface area contributed by atoms with Crippen molar-refractivity contribution < 1.29 is 24.4 Å². The normalized spacial score (nSPS) is 12.6. The quantitative estimate of drug-likeness (QED) is 0.0989. The van der Waals surface area contributed by atoms with Crippen molar-refractivity contribution in [2.24, 2.45) is 0 Å². The predicted molar refractivity (Wildman–Crippen MR) is 168 cm³/mol. The Balaban J connectivity index is 1.39. The smallest absolute Gasteiger partial charge is 0.407 e. The van der Waals surface area contributed by atoms with Crippen LogP contribution in [-0.4, -0.2) is 44.3 Å². The Morgan fingerprint density at radius 2 is 1.40 bits per heavy atom. The minimum atomic E-state index is -1.33. The molecule has 0 radical (unpaired) electrons. The highest BCUT2D eigenvalue weighted by Crippen LogP contribution is 2.40. The number of benzene rings is 4. The Bertz CT molecular complexity index is 1660. The van der Waals surface area contributed by atoms with E-state index in [-0.39, 0.29) is 18.7 Å². The van der Waals surface area contributed by atoms with Gasteiger partial charge in [0.25, 0.3) is 5.69 Å². The number of ether oxygens (including phenoxy) is 1. The van der Waals surface area contributed by atoms with Gasteiger partial charge in [-0.15, -0.1) is 0 Å². The van der Waals surface area contributed by atoms with Crippen LogP contribution in [0.3, 0.4) is 0 Å². The van der Waals surface area contributed by atoms with Crippen molar-refractivity contribution in [1.29, 1.82) is 0 Å². The van der Waals surface area contributed by atoms with Gasteiger partial charge in [0.1, 0.15) is 18.2 Å². The van der Waals surface area contributed by atoms with Gasteiger partial charge < -0.3 is 19.7 Å². The molecule has 1 unspecified atom stereocenters. The van der Waals surface area contributed by atoms with Crippen molar-refractivity contribution in [2.75, 3.05) is 6.61 Å². The van der Waals surface area contributed by atoms with Crippen LogP contribution in [0.4, 0.5) is 10.5 Å². The van der Waals surface area contributed by atoms with E-state index in [1.807, 2.05) is 95.6 Å². The van der Waals surface area contributed by atoms with Crippen molar-refractivity contribution in [2.45, 2.75) is 30.8 Å². The molecular weight excluding hydrogens is 572 g/mol. The Morgan fingerprint density at radius 1 is 0.889 bits per heavy atom. The monoisotopic (exact) mass is 604 g/mol. The molecule has 4 aromatic carbocycles. The Labute approximate surface area is 260 Å². The maximum absolute atomic E-state index is 12.7. The van der Waals surface area contributed by atoms with Gasteiger partial charge in [-0.1, -0.05) is 116 Å². The van der Waals surface area contributed by atoms with Gasteiger partial charge >= 0.3 is 12.1 Å². The number of nitrogens with one attached hydrogen (secondary N) is 1. The number of alkyl carbamates (subject to hydrolysis) is 1. The number of nitro groups is 1. The molecule has 2 N–H and O–H groups in total. The lowest BCUT2D eigenvalue weighted by Gasteiger charge is -2.37. The van der Waals surface area contributed by atoms with Crippen LogP contribution in [0.15, 0.2) is 128 Å². The van der Waals surface area contributed by atoms with Crippen LogP contribution in [0.2, 0.25) is 0 Å². The highest BCUT2D eigenvalue weighted by molar-refractivity contribution is 5.80. The lowest BCUT2D eigenvalue weighted by atomic mass is 9.77. The number of hydrogen-bond acceptors (Lipinski definition) is 6. The molecule has 10 heteroatoms. The van der Waals surface area contributed by atoms with Crippen LogP contribution in [0.1, 0.15) is 40.8 Å². The fourth-order valence-electron chi connectivity index (χ4n) is 5.59. The summed E-state index contributed by atoms with van der Waals surface area (Å²) in [6.45, 7) is 1.51. The van der Waals surface area contributed by atoms with E-state index < -0.39 is 34.5 Å². The number of imidazole rings is 1. The summed E-state index contributed by atoms with van der Waals surface area (Å²) < 4.78 is 7.25. The second-order valence-corrected chi connectivity index (χ2v) is 10.6. The Hall–Kier alpha value is -5.77. The average Bonchev–Trinajstić information content (AvgIpc) is 3.53. The molecule has 1 aromatic heterocycles.